The summed E-state index contributed by atoms with van der Waals surface area (Å²) in [5.74, 6) is -0.0493. The number of methoxy groups -OCH3 is 1. The van der Waals surface area contributed by atoms with Crippen molar-refractivity contribution in [2.24, 2.45) is 0 Å². The van der Waals surface area contributed by atoms with Crippen molar-refractivity contribution < 1.29 is 9.53 Å². The smallest absolute Gasteiger partial charge is 0.274 e. The van der Waals surface area contributed by atoms with Crippen molar-refractivity contribution in [2.45, 2.75) is 18.6 Å². The first kappa shape index (κ1) is 15.0. The highest BCUT2D eigenvalue weighted by molar-refractivity contribution is 6.04. The molecule has 3 rings (SSSR count). The number of hydrogen-bond acceptors (Lipinski definition) is 4. The van der Waals surface area contributed by atoms with E-state index in [2.05, 4.69) is 22.1 Å². The van der Waals surface area contributed by atoms with E-state index >= 15 is 0 Å². The van der Waals surface area contributed by atoms with Crippen LogP contribution in [-0.4, -0.2) is 72.3 Å². The molecule has 0 spiro atoms. The van der Waals surface area contributed by atoms with Gasteiger partial charge in [-0.2, -0.15) is 5.10 Å². The minimum absolute atomic E-state index is 0.0493. The van der Waals surface area contributed by atoms with Crippen LogP contribution in [0.25, 0.3) is 10.9 Å². The molecule has 118 valence electrons. The number of amides is 1. The maximum atomic E-state index is 12.7. The second kappa shape index (κ2) is 6.06. The third kappa shape index (κ3) is 2.71. The number of aromatic amines is 1. The van der Waals surface area contributed by atoms with Crippen molar-refractivity contribution in [3.8, 4) is 0 Å². The Balaban J connectivity index is 1.72. The van der Waals surface area contributed by atoms with Crippen LogP contribution in [0.15, 0.2) is 24.3 Å². The average molecular weight is 302 g/mol. The summed E-state index contributed by atoms with van der Waals surface area (Å²) in [6, 6.07) is 8.01. The molecule has 2 heterocycles. The fourth-order valence-electron chi connectivity index (χ4n) is 3.12. The number of aromatic nitrogens is 2. The molecule has 1 aliphatic heterocycles. The highest BCUT2D eigenvalue weighted by atomic mass is 16.5. The van der Waals surface area contributed by atoms with Gasteiger partial charge in [-0.05, 0) is 19.5 Å². The molecule has 1 amide bonds. The van der Waals surface area contributed by atoms with Crippen molar-refractivity contribution in [2.75, 3.05) is 34.3 Å². The Morgan fingerprint density at radius 2 is 2.27 bits per heavy atom. The van der Waals surface area contributed by atoms with Gasteiger partial charge in [0.05, 0.1) is 11.6 Å². The molecule has 22 heavy (non-hydrogen) atoms. The van der Waals surface area contributed by atoms with E-state index in [0.29, 0.717) is 18.3 Å². The zero-order valence-corrected chi connectivity index (χ0v) is 13.2. The van der Waals surface area contributed by atoms with Gasteiger partial charge in [-0.1, -0.05) is 18.2 Å². The summed E-state index contributed by atoms with van der Waals surface area (Å²) in [6.45, 7) is 1.59. The lowest BCUT2D eigenvalue weighted by Gasteiger charge is -2.25. The van der Waals surface area contributed by atoms with Gasteiger partial charge < -0.3 is 9.64 Å². The molecule has 6 heteroatoms. The molecule has 1 aliphatic rings. The number of nitrogens with one attached hydrogen (secondary N) is 1. The summed E-state index contributed by atoms with van der Waals surface area (Å²) in [6.07, 6.45) is 1.20. The molecule has 2 aromatic rings. The van der Waals surface area contributed by atoms with Crippen LogP contribution in [0.2, 0.25) is 0 Å². The van der Waals surface area contributed by atoms with Crippen LogP contribution in [0.4, 0.5) is 0 Å². The molecular weight excluding hydrogens is 280 g/mol. The fraction of sp³-hybridized carbons (Fsp3) is 0.500. The van der Waals surface area contributed by atoms with Gasteiger partial charge in [-0.3, -0.25) is 14.8 Å². The minimum atomic E-state index is -0.0493. The molecule has 0 radical (unpaired) electrons. The maximum Gasteiger partial charge on any atom is 0.274 e. The Morgan fingerprint density at radius 1 is 1.50 bits per heavy atom. The molecular formula is C16H22N4O2. The number of benzene rings is 1. The van der Waals surface area contributed by atoms with Gasteiger partial charge in [-0.25, -0.2) is 0 Å². The summed E-state index contributed by atoms with van der Waals surface area (Å²) in [5.41, 5.74) is 1.37. The lowest BCUT2D eigenvalue weighted by Crippen LogP contribution is -2.39. The summed E-state index contributed by atoms with van der Waals surface area (Å²) in [4.78, 5) is 16.7. The largest absolute Gasteiger partial charge is 0.380 e. The lowest BCUT2D eigenvalue weighted by atomic mass is 10.1. The topological polar surface area (TPSA) is 61.5 Å². The average Bonchev–Trinajstić information content (AvgIpc) is 3.10. The van der Waals surface area contributed by atoms with Gasteiger partial charge in [-0.15, -0.1) is 0 Å². The molecule has 6 nitrogen and oxygen atoms in total. The number of likely N-dealkylation sites (N-methyl/N-ethyl adjacent to an activating group) is 2. The van der Waals surface area contributed by atoms with Crippen LogP contribution >= 0.6 is 0 Å². The van der Waals surface area contributed by atoms with Gasteiger partial charge in [0, 0.05) is 38.7 Å². The molecule has 0 aliphatic carbocycles. The third-order valence-electron chi connectivity index (χ3n) is 4.49. The number of likely N-dealkylation sites (tertiary alicyclic amines) is 1. The number of para-hydroxylation sites is 1. The van der Waals surface area contributed by atoms with E-state index in [0.717, 1.165) is 23.9 Å². The van der Waals surface area contributed by atoms with Gasteiger partial charge >= 0.3 is 0 Å². The molecule has 1 N–H and O–H groups in total. The first-order chi connectivity index (χ1) is 10.6. The summed E-state index contributed by atoms with van der Waals surface area (Å²) in [5, 5.41) is 7.97. The number of carbonyl (C=O) groups excluding carboxylic acids is 1. The van der Waals surface area contributed by atoms with E-state index in [4.69, 9.17) is 4.74 Å². The number of rotatable bonds is 4. The quantitative estimate of drug-likeness (QED) is 0.926. The minimum Gasteiger partial charge on any atom is -0.380 e. The molecule has 0 bridgehead atoms. The molecule has 1 aromatic heterocycles. The zero-order chi connectivity index (χ0) is 15.7. The van der Waals surface area contributed by atoms with E-state index in [1.165, 1.54) is 0 Å². The Bertz CT molecular complexity index is 669. The Labute approximate surface area is 130 Å². The van der Waals surface area contributed by atoms with Crippen molar-refractivity contribution >= 4 is 16.8 Å². The summed E-state index contributed by atoms with van der Waals surface area (Å²) in [7, 11) is 5.65. The van der Waals surface area contributed by atoms with Crippen molar-refractivity contribution in [1.29, 1.82) is 0 Å². The zero-order valence-electron chi connectivity index (χ0n) is 13.2. The maximum absolute atomic E-state index is 12.7. The fourth-order valence-corrected chi connectivity index (χ4v) is 3.12. The molecule has 0 saturated carbocycles. The number of carbonyl (C=O) groups is 1. The SMILES string of the molecule is CO[C@H]1C[C@@H](CN(C)C(=O)c2n[nH]c3ccccc23)N(C)C1. The first-order valence-corrected chi connectivity index (χ1v) is 7.51. The predicted octanol–water partition coefficient (Wildman–Crippen LogP) is 1.35. The normalized spacial score (nSPS) is 22.3. The number of hydrogen-bond donors (Lipinski definition) is 1. The van der Waals surface area contributed by atoms with Crippen LogP contribution < -0.4 is 0 Å². The van der Waals surface area contributed by atoms with Crippen LogP contribution in [0.3, 0.4) is 0 Å². The molecule has 1 saturated heterocycles. The lowest BCUT2D eigenvalue weighted by molar-refractivity contribution is 0.0756. The second-order valence-corrected chi connectivity index (χ2v) is 5.99. The molecule has 2 atom stereocenters. The van der Waals surface area contributed by atoms with Crippen molar-refractivity contribution in [3.63, 3.8) is 0 Å². The van der Waals surface area contributed by atoms with E-state index in [1.807, 2.05) is 31.3 Å². The van der Waals surface area contributed by atoms with E-state index in [9.17, 15) is 4.79 Å². The number of fused-ring (bicyclic) bond motifs is 1. The summed E-state index contributed by atoms with van der Waals surface area (Å²) < 4.78 is 5.42. The third-order valence-corrected chi connectivity index (χ3v) is 4.49. The molecule has 1 aromatic carbocycles. The van der Waals surface area contributed by atoms with Crippen LogP contribution in [0.1, 0.15) is 16.9 Å². The molecule has 0 unspecified atom stereocenters. The van der Waals surface area contributed by atoms with Crippen molar-refractivity contribution in [1.82, 2.24) is 20.0 Å². The van der Waals surface area contributed by atoms with E-state index in [1.54, 1.807) is 12.0 Å². The summed E-state index contributed by atoms with van der Waals surface area (Å²) >= 11 is 0. The highest BCUT2D eigenvalue weighted by Gasteiger charge is 2.31. The van der Waals surface area contributed by atoms with Gasteiger partial charge in [0.15, 0.2) is 5.69 Å². The van der Waals surface area contributed by atoms with E-state index in [-0.39, 0.29) is 12.0 Å². The van der Waals surface area contributed by atoms with Crippen LogP contribution in [0.5, 0.6) is 0 Å². The number of nitrogens with zero attached hydrogens (tertiary/aromatic N) is 3. The highest BCUT2D eigenvalue weighted by Crippen LogP contribution is 2.20. The Morgan fingerprint density at radius 3 is 3.00 bits per heavy atom. The first-order valence-electron chi connectivity index (χ1n) is 7.51. The van der Waals surface area contributed by atoms with Gasteiger partial charge in [0.25, 0.3) is 5.91 Å². The van der Waals surface area contributed by atoms with Gasteiger partial charge in [0.1, 0.15) is 0 Å². The Kier molecular flexibility index (Phi) is 4.13. The van der Waals surface area contributed by atoms with Crippen LogP contribution in [-0.2, 0) is 4.74 Å². The van der Waals surface area contributed by atoms with Crippen LogP contribution in [0, 0.1) is 0 Å². The van der Waals surface area contributed by atoms with Gasteiger partial charge in [0.2, 0.25) is 0 Å². The molecule has 1 fully saturated rings. The Hall–Kier alpha value is -1.92. The predicted molar refractivity (Wildman–Crippen MR) is 84.9 cm³/mol. The standard InChI is InChI=1S/C16H22N4O2/c1-19-10-12(22-3)8-11(19)9-20(2)16(21)15-13-6-4-5-7-14(13)17-18-15/h4-7,11-12H,8-10H2,1-3H3,(H,17,18)/t11-,12-/m0/s1. The number of H-pyrrole nitrogens is 1. The monoisotopic (exact) mass is 302 g/mol. The number of ether oxygens (including phenoxy) is 1. The van der Waals surface area contributed by atoms with E-state index < -0.39 is 0 Å². The van der Waals surface area contributed by atoms with Crippen molar-refractivity contribution in [3.05, 3.63) is 30.0 Å². The second-order valence-electron chi connectivity index (χ2n) is 5.99.